The molecule has 1 unspecified atom stereocenters. The molecule has 20 heavy (non-hydrogen) atoms. The second-order valence-electron chi connectivity index (χ2n) is 4.18. The molecule has 3 nitrogen and oxygen atoms in total. The van der Waals surface area contributed by atoms with Crippen LogP contribution >= 0.6 is 11.6 Å². The minimum atomic E-state index is -1.01. The van der Waals surface area contributed by atoms with Crippen molar-refractivity contribution in [2.24, 2.45) is 0 Å². The zero-order valence-corrected chi connectivity index (χ0v) is 11.8. The third kappa shape index (κ3) is 2.86. The normalized spacial score (nSPS) is 12.1. The number of halogens is 2. The molecule has 106 valence electrons. The third-order valence-corrected chi connectivity index (χ3v) is 3.32. The van der Waals surface area contributed by atoms with Crippen molar-refractivity contribution < 1.29 is 19.0 Å². The Hall–Kier alpha value is -1.78. The Balaban J connectivity index is 2.44. The summed E-state index contributed by atoms with van der Waals surface area (Å²) in [6.07, 6.45) is -1.01. The van der Waals surface area contributed by atoms with Crippen molar-refractivity contribution in [1.82, 2.24) is 0 Å². The number of rotatable bonds is 4. The summed E-state index contributed by atoms with van der Waals surface area (Å²) in [5.41, 5.74) is 0.943. The highest BCUT2D eigenvalue weighted by Gasteiger charge is 2.19. The van der Waals surface area contributed by atoms with Gasteiger partial charge in [-0.1, -0.05) is 17.7 Å². The fourth-order valence-electron chi connectivity index (χ4n) is 1.94. The van der Waals surface area contributed by atoms with Gasteiger partial charge in [0.2, 0.25) is 0 Å². The van der Waals surface area contributed by atoms with Crippen LogP contribution in [0.15, 0.2) is 36.4 Å². The second kappa shape index (κ2) is 6.11. The molecule has 0 spiro atoms. The number of benzene rings is 2. The van der Waals surface area contributed by atoms with E-state index in [9.17, 15) is 9.50 Å². The van der Waals surface area contributed by atoms with Crippen LogP contribution in [-0.4, -0.2) is 19.3 Å². The lowest BCUT2D eigenvalue weighted by atomic mass is 10.0. The van der Waals surface area contributed by atoms with Gasteiger partial charge in [0.15, 0.2) is 0 Å². The van der Waals surface area contributed by atoms with E-state index in [1.54, 1.807) is 25.3 Å². The topological polar surface area (TPSA) is 38.7 Å². The van der Waals surface area contributed by atoms with E-state index in [1.165, 1.54) is 19.2 Å². The standard InChI is InChI=1S/C15H14ClFO3/c1-19-10-4-6-12(14(8-10)20-2)15(18)11-5-3-9(17)7-13(11)16/h3-8,15,18H,1-2H3. The van der Waals surface area contributed by atoms with Crippen molar-refractivity contribution in [3.8, 4) is 11.5 Å². The molecule has 0 fully saturated rings. The molecular formula is C15H14ClFO3. The zero-order valence-electron chi connectivity index (χ0n) is 11.1. The van der Waals surface area contributed by atoms with E-state index in [4.69, 9.17) is 21.1 Å². The number of aliphatic hydroxyl groups excluding tert-OH is 1. The number of aliphatic hydroxyl groups is 1. The molecule has 5 heteroatoms. The van der Waals surface area contributed by atoms with Gasteiger partial charge >= 0.3 is 0 Å². The summed E-state index contributed by atoms with van der Waals surface area (Å²) in [5.74, 6) is 0.632. The molecule has 0 saturated heterocycles. The van der Waals surface area contributed by atoms with E-state index in [1.807, 2.05) is 0 Å². The molecule has 1 atom stereocenters. The van der Waals surface area contributed by atoms with Crippen LogP contribution < -0.4 is 9.47 Å². The van der Waals surface area contributed by atoms with Gasteiger partial charge in [-0.3, -0.25) is 0 Å². The van der Waals surface area contributed by atoms with E-state index in [-0.39, 0.29) is 5.02 Å². The third-order valence-electron chi connectivity index (χ3n) is 2.99. The van der Waals surface area contributed by atoms with E-state index >= 15 is 0 Å². The lowest BCUT2D eigenvalue weighted by Gasteiger charge is -2.17. The summed E-state index contributed by atoms with van der Waals surface area (Å²) in [4.78, 5) is 0. The van der Waals surface area contributed by atoms with Crippen molar-refractivity contribution in [3.05, 3.63) is 58.4 Å². The fourth-order valence-corrected chi connectivity index (χ4v) is 2.21. The molecule has 2 rings (SSSR count). The molecular weight excluding hydrogens is 283 g/mol. The van der Waals surface area contributed by atoms with Crippen LogP contribution in [0.25, 0.3) is 0 Å². The summed E-state index contributed by atoms with van der Waals surface area (Å²) < 4.78 is 23.4. The first-order valence-corrected chi connectivity index (χ1v) is 6.29. The SMILES string of the molecule is COc1ccc(C(O)c2ccc(F)cc2Cl)c(OC)c1. The summed E-state index contributed by atoms with van der Waals surface area (Å²) in [7, 11) is 3.04. The Labute approximate surface area is 121 Å². The van der Waals surface area contributed by atoms with Crippen molar-refractivity contribution in [3.63, 3.8) is 0 Å². The quantitative estimate of drug-likeness (QED) is 0.937. The van der Waals surface area contributed by atoms with E-state index in [2.05, 4.69) is 0 Å². The number of hydrogen-bond donors (Lipinski definition) is 1. The van der Waals surface area contributed by atoms with Crippen LogP contribution in [0.4, 0.5) is 4.39 Å². The Bertz CT molecular complexity index is 616. The molecule has 2 aromatic carbocycles. The van der Waals surface area contributed by atoms with Gasteiger partial charge in [0.05, 0.1) is 14.2 Å². The molecule has 0 heterocycles. The van der Waals surface area contributed by atoms with E-state index in [0.29, 0.717) is 22.6 Å². The Morgan fingerprint density at radius 2 is 1.75 bits per heavy atom. The van der Waals surface area contributed by atoms with Crippen molar-refractivity contribution >= 4 is 11.6 Å². The van der Waals surface area contributed by atoms with Crippen LogP contribution in [0.5, 0.6) is 11.5 Å². The summed E-state index contributed by atoms with van der Waals surface area (Å²) >= 11 is 5.96. The Morgan fingerprint density at radius 3 is 2.35 bits per heavy atom. The first-order valence-electron chi connectivity index (χ1n) is 5.91. The maximum Gasteiger partial charge on any atom is 0.128 e. The Kier molecular flexibility index (Phi) is 4.47. The van der Waals surface area contributed by atoms with Crippen molar-refractivity contribution in [1.29, 1.82) is 0 Å². The van der Waals surface area contributed by atoms with Crippen LogP contribution in [0.1, 0.15) is 17.2 Å². The number of hydrogen-bond acceptors (Lipinski definition) is 3. The van der Waals surface area contributed by atoms with Crippen LogP contribution in [0.2, 0.25) is 5.02 Å². The molecule has 0 aliphatic carbocycles. The van der Waals surface area contributed by atoms with Gasteiger partial charge < -0.3 is 14.6 Å². The molecule has 0 bridgehead atoms. The van der Waals surface area contributed by atoms with E-state index in [0.717, 1.165) is 6.07 Å². The van der Waals surface area contributed by atoms with Crippen LogP contribution in [0, 0.1) is 5.82 Å². The monoisotopic (exact) mass is 296 g/mol. The summed E-state index contributed by atoms with van der Waals surface area (Å²) in [6, 6.07) is 8.92. The van der Waals surface area contributed by atoms with E-state index < -0.39 is 11.9 Å². The van der Waals surface area contributed by atoms with Gasteiger partial charge in [0.25, 0.3) is 0 Å². The minimum Gasteiger partial charge on any atom is -0.497 e. The molecule has 0 aromatic heterocycles. The van der Waals surface area contributed by atoms with Crippen LogP contribution in [-0.2, 0) is 0 Å². The predicted octanol–water partition coefficient (Wildman–Crippen LogP) is 3.58. The molecule has 0 aliphatic rings. The lowest BCUT2D eigenvalue weighted by Crippen LogP contribution is -2.03. The van der Waals surface area contributed by atoms with Gasteiger partial charge in [0.1, 0.15) is 23.4 Å². The second-order valence-corrected chi connectivity index (χ2v) is 4.58. The molecule has 2 aromatic rings. The first-order chi connectivity index (χ1) is 9.56. The first kappa shape index (κ1) is 14.6. The summed E-state index contributed by atoms with van der Waals surface area (Å²) in [5, 5.41) is 10.6. The average Bonchev–Trinajstić information content (AvgIpc) is 2.46. The number of ether oxygens (including phenoxy) is 2. The highest BCUT2D eigenvalue weighted by molar-refractivity contribution is 6.31. The molecule has 0 radical (unpaired) electrons. The zero-order chi connectivity index (χ0) is 14.7. The van der Waals surface area contributed by atoms with Gasteiger partial charge in [-0.2, -0.15) is 0 Å². The maximum atomic E-state index is 13.1. The minimum absolute atomic E-state index is 0.162. The van der Waals surface area contributed by atoms with Gasteiger partial charge in [-0.25, -0.2) is 4.39 Å². The molecule has 0 aliphatic heterocycles. The fraction of sp³-hybridized carbons (Fsp3) is 0.200. The maximum absolute atomic E-state index is 13.1. The molecule has 1 N–H and O–H groups in total. The van der Waals surface area contributed by atoms with Crippen molar-refractivity contribution in [2.75, 3.05) is 14.2 Å². The molecule has 0 saturated carbocycles. The Morgan fingerprint density at radius 1 is 1.05 bits per heavy atom. The summed E-state index contributed by atoms with van der Waals surface area (Å²) in [6.45, 7) is 0. The van der Waals surface area contributed by atoms with Crippen molar-refractivity contribution in [2.45, 2.75) is 6.10 Å². The highest BCUT2D eigenvalue weighted by Crippen LogP contribution is 2.35. The molecule has 0 amide bonds. The smallest absolute Gasteiger partial charge is 0.128 e. The van der Waals surface area contributed by atoms with Gasteiger partial charge in [-0.05, 0) is 24.3 Å². The number of methoxy groups -OCH3 is 2. The van der Waals surface area contributed by atoms with Crippen LogP contribution in [0.3, 0.4) is 0 Å². The predicted molar refractivity (Wildman–Crippen MR) is 75.0 cm³/mol. The largest absolute Gasteiger partial charge is 0.497 e. The lowest BCUT2D eigenvalue weighted by molar-refractivity contribution is 0.214. The highest BCUT2D eigenvalue weighted by atomic mass is 35.5. The van der Waals surface area contributed by atoms with Gasteiger partial charge in [0, 0.05) is 22.2 Å². The average molecular weight is 297 g/mol. The van der Waals surface area contributed by atoms with Gasteiger partial charge in [-0.15, -0.1) is 0 Å².